The van der Waals surface area contributed by atoms with E-state index in [4.69, 9.17) is 4.74 Å². The van der Waals surface area contributed by atoms with Crippen molar-refractivity contribution in [1.29, 1.82) is 0 Å². The number of aliphatic hydroxyl groups is 2. The average molecular weight is 704 g/mol. The molecule has 0 saturated carbocycles. The molecule has 1 fully saturated rings. The molecule has 0 radical (unpaired) electrons. The lowest BCUT2D eigenvalue weighted by Crippen LogP contribution is -2.40. The molecule has 1 unspecified atom stereocenters. The van der Waals surface area contributed by atoms with Gasteiger partial charge in [0.25, 0.3) is 0 Å². The van der Waals surface area contributed by atoms with Gasteiger partial charge in [0.1, 0.15) is 11.9 Å². The van der Waals surface area contributed by atoms with Gasteiger partial charge in [0, 0.05) is 51.3 Å². The predicted molar refractivity (Wildman–Crippen MR) is 197 cm³/mol. The molecule has 1 heterocycles. The Hall–Kier alpha value is -4.33. The van der Waals surface area contributed by atoms with Crippen LogP contribution in [0.4, 0.5) is 10.5 Å². The number of nitrogens with one attached hydrogen (secondary N) is 3. The van der Waals surface area contributed by atoms with E-state index in [1.165, 1.54) is 0 Å². The van der Waals surface area contributed by atoms with Crippen molar-refractivity contribution in [2.45, 2.75) is 50.7 Å². The normalized spacial score (nSPS) is 14.3. The molecule has 1 saturated heterocycles. The van der Waals surface area contributed by atoms with E-state index in [0.29, 0.717) is 57.7 Å². The first kappa shape index (κ1) is 39.5. The summed E-state index contributed by atoms with van der Waals surface area (Å²) in [6.45, 7) is 3.79. The third-order valence-corrected chi connectivity index (χ3v) is 9.00. The first-order valence-electron chi connectivity index (χ1n) is 18.0. The number of aromatic hydroxyl groups is 1. The third kappa shape index (κ3) is 13.7. The van der Waals surface area contributed by atoms with Crippen molar-refractivity contribution >= 4 is 23.5 Å². The number of carbonyl (C=O) groups is 3. The highest BCUT2D eigenvalue weighted by Crippen LogP contribution is 2.28. The van der Waals surface area contributed by atoms with Gasteiger partial charge in [-0.15, -0.1) is 0 Å². The summed E-state index contributed by atoms with van der Waals surface area (Å²) in [7, 11) is 0. The second kappa shape index (κ2) is 21.8. The number of phenols is 1. The Bertz CT molecular complexity index is 1480. The molecule has 2 amide bonds. The number of anilines is 1. The second-order valence-corrected chi connectivity index (χ2v) is 12.8. The molecule has 0 bridgehead atoms. The molecule has 51 heavy (non-hydrogen) atoms. The number of ketones is 1. The Morgan fingerprint density at radius 3 is 2.22 bits per heavy atom. The van der Waals surface area contributed by atoms with Crippen LogP contribution in [0.15, 0.2) is 78.9 Å². The third-order valence-electron chi connectivity index (χ3n) is 9.00. The van der Waals surface area contributed by atoms with Crippen LogP contribution in [-0.4, -0.2) is 115 Å². The molecule has 3 aromatic carbocycles. The second-order valence-electron chi connectivity index (χ2n) is 12.8. The van der Waals surface area contributed by atoms with E-state index < -0.39 is 12.1 Å². The fourth-order valence-electron chi connectivity index (χ4n) is 6.20. The number of rotatable bonds is 21. The highest BCUT2D eigenvalue weighted by molar-refractivity contribution is 5.91. The number of Topliss-reactive ketones (excluding diaryl/α,β-unsaturated/α-hetero) is 1. The lowest BCUT2D eigenvalue weighted by atomic mass is 10.0. The van der Waals surface area contributed by atoms with Gasteiger partial charge in [-0.1, -0.05) is 67.1 Å². The van der Waals surface area contributed by atoms with E-state index in [9.17, 15) is 29.7 Å². The zero-order chi connectivity index (χ0) is 36.3. The fraction of sp³-hybridized carbons (Fsp3) is 0.462. The molecule has 1 aliphatic rings. The van der Waals surface area contributed by atoms with E-state index in [1.807, 2.05) is 54.6 Å². The minimum Gasteiger partial charge on any atom is -0.508 e. The van der Waals surface area contributed by atoms with Crippen molar-refractivity contribution < 1.29 is 34.4 Å². The summed E-state index contributed by atoms with van der Waals surface area (Å²) >= 11 is 0. The van der Waals surface area contributed by atoms with Crippen LogP contribution in [-0.2, 0) is 14.3 Å². The van der Waals surface area contributed by atoms with E-state index in [2.05, 4.69) is 20.9 Å². The topological polar surface area (TPSA) is 164 Å². The number of benzene rings is 3. The molecule has 6 N–H and O–H groups in total. The summed E-state index contributed by atoms with van der Waals surface area (Å²) in [6, 6.07) is 23.5. The Morgan fingerprint density at radius 2 is 1.51 bits per heavy atom. The van der Waals surface area contributed by atoms with Crippen molar-refractivity contribution in [3.63, 3.8) is 0 Å². The van der Waals surface area contributed by atoms with Crippen LogP contribution in [0.25, 0.3) is 11.1 Å². The molecule has 1 aliphatic heterocycles. The SMILES string of the molecule is O=C(CCN1CCC(OC(=O)Nc2ccccc2-c2ccccc2)CC1)NCCCCCNC(C(=O)CN(CCO)CCO)c1ccc(O)cc1. The number of piperidine rings is 1. The van der Waals surface area contributed by atoms with Gasteiger partial charge in [0.2, 0.25) is 5.91 Å². The highest BCUT2D eigenvalue weighted by atomic mass is 16.6. The number of hydrogen-bond acceptors (Lipinski definition) is 10. The summed E-state index contributed by atoms with van der Waals surface area (Å²) in [5.41, 5.74) is 3.39. The van der Waals surface area contributed by atoms with Crippen molar-refractivity contribution in [3.8, 4) is 16.9 Å². The van der Waals surface area contributed by atoms with Crippen molar-refractivity contribution in [1.82, 2.24) is 20.4 Å². The molecule has 0 spiro atoms. The maximum Gasteiger partial charge on any atom is 0.411 e. The van der Waals surface area contributed by atoms with Crippen LogP contribution in [0.5, 0.6) is 5.75 Å². The summed E-state index contributed by atoms with van der Waals surface area (Å²) in [5, 5.41) is 37.5. The van der Waals surface area contributed by atoms with Gasteiger partial charge < -0.3 is 35.6 Å². The molecule has 0 aromatic heterocycles. The van der Waals surface area contributed by atoms with Gasteiger partial charge in [-0.3, -0.25) is 19.8 Å². The maximum absolute atomic E-state index is 13.2. The van der Waals surface area contributed by atoms with Crippen LogP contribution in [0.1, 0.15) is 50.1 Å². The molecular weight excluding hydrogens is 650 g/mol. The van der Waals surface area contributed by atoms with Crippen LogP contribution in [0.2, 0.25) is 0 Å². The number of nitrogens with zero attached hydrogens (tertiary/aromatic N) is 2. The average Bonchev–Trinajstić information content (AvgIpc) is 3.13. The molecule has 1 atom stereocenters. The summed E-state index contributed by atoms with van der Waals surface area (Å²) in [4.78, 5) is 42.3. The van der Waals surface area contributed by atoms with Crippen LogP contribution >= 0.6 is 0 Å². The maximum atomic E-state index is 13.2. The first-order valence-corrected chi connectivity index (χ1v) is 18.0. The molecule has 276 valence electrons. The zero-order valence-corrected chi connectivity index (χ0v) is 29.3. The standard InChI is InChI=1S/C39H53N5O7/c45-27-25-44(26-28-46)29-36(48)38(31-13-15-32(47)16-14-31)41-21-8-2-7-20-40-37(49)19-24-43-22-17-33(18-23-43)51-39(50)42-35-12-6-5-11-34(35)30-9-3-1-4-10-30/h1,3-6,9-16,33,38,41,45-47H,2,7-8,17-29H2,(H,40,49)(H,42,50). The number of hydrogen-bond donors (Lipinski definition) is 6. The number of unbranched alkanes of at least 4 members (excludes halogenated alkanes) is 2. The number of likely N-dealkylation sites (tertiary alicyclic amines) is 1. The van der Waals surface area contributed by atoms with Crippen molar-refractivity contribution in [2.75, 3.05) is 70.9 Å². The number of ether oxygens (including phenoxy) is 1. The number of aliphatic hydroxyl groups excluding tert-OH is 2. The van der Waals surface area contributed by atoms with Gasteiger partial charge in [0.05, 0.1) is 31.5 Å². The summed E-state index contributed by atoms with van der Waals surface area (Å²) in [6.07, 6.45) is 3.69. The van der Waals surface area contributed by atoms with E-state index in [0.717, 1.165) is 49.0 Å². The smallest absolute Gasteiger partial charge is 0.411 e. The fourth-order valence-corrected chi connectivity index (χ4v) is 6.20. The molecule has 0 aliphatic carbocycles. The minimum absolute atomic E-state index is 0.0104. The van der Waals surface area contributed by atoms with E-state index in [1.54, 1.807) is 29.2 Å². The van der Waals surface area contributed by atoms with Crippen LogP contribution < -0.4 is 16.0 Å². The molecule has 12 heteroatoms. The minimum atomic E-state index is -0.582. The Kier molecular flexibility index (Phi) is 16.9. The Labute approximate surface area is 300 Å². The van der Waals surface area contributed by atoms with Gasteiger partial charge in [0.15, 0.2) is 5.78 Å². The number of carbonyl (C=O) groups excluding carboxylic acids is 3. The molecule has 4 rings (SSSR count). The van der Waals surface area contributed by atoms with Gasteiger partial charge >= 0.3 is 6.09 Å². The zero-order valence-electron chi connectivity index (χ0n) is 29.3. The van der Waals surface area contributed by atoms with Crippen molar-refractivity contribution in [2.24, 2.45) is 0 Å². The van der Waals surface area contributed by atoms with E-state index >= 15 is 0 Å². The van der Waals surface area contributed by atoms with Crippen LogP contribution in [0.3, 0.4) is 0 Å². The van der Waals surface area contributed by atoms with E-state index in [-0.39, 0.29) is 43.3 Å². The first-order chi connectivity index (χ1) is 24.9. The van der Waals surface area contributed by atoms with Crippen LogP contribution in [0, 0.1) is 0 Å². The molecule has 3 aromatic rings. The number of amides is 2. The monoisotopic (exact) mass is 703 g/mol. The Balaban J connectivity index is 1.08. The van der Waals surface area contributed by atoms with Gasteiger partial charge in [-0.25, -0.2) is 4.79 Å². The molecular formula is C39H53N5O7. The van der Waals surface area contributed by atoms with Gasteiger partial charge in [-0.05, 0) is 61.6 Å². The number of phenolic OH excluding ortho intramolecular Hbond substituents is 1. The number of para-hydroxylation sites is 1. The lowest BCUT2D eigenvalue weighted by molar-refractivity contribution is -0.123. The molecule has 12 nitrogen and oxygen atoms in total. The predicted octanol–water partition coefficient (Wildman–Crippen LogP) is 3.94. The largest absolute Gasteiger partial charge is 0.508 e. The quantitative estimate of drug-likeness (QED) is 0.0897. The summed E-state index contributed by atoms with van der Waals surface area (Å²) in [5.74, 6) is 0.0427. The highest BCUT2D eigenvalue weighted by Gasteiger charge is 2.24. The Morgan fingerprint density at radius 1 is 0.843 bits per heavy atom. The summed E-state index contributed by atoms with van der Waals surface area (Å²) < 4.78 is 5.73. The lowest BCUT2D eigenvalue weighted by Gasteiger charge is -2.31. The van der Waals surface area contributed by atoms with Crippen molar-refractivity contribution in [3.05, 3.63) is 84.4 Å². The van der Waals surface area contributed by atoms with Gasteiger partial charge in [-0.2, -0.15) is 0 Å².